The van der Waals surface area contributed by atoms with E-state index in [4.69, 9.17) is 5.53 Å². The maximum Gasteiger partial charge on any atom is 0.155 e. The van der Waals surface area contributed by atoms with Crippen molar-refractivity contribution in [3.05, 3.63) is 40.2 Å². The van der Waals surface area contributed by atoms with Gasteiger partial charge in [-0.2, -0.15) is 5.10 Å². The number of nitrogens with zero attached hydrogens (tertiary/aromatic N) is 6. The van der Waals surface area contributed by atoms with E-state index in [-0.39, 0.29) is 6.54 Å². The zero-order valence-corrected chi connectivity index (χ0v) is 8.61. The van der Waals surface area contributed by atoms with Crippen LogP contribution in [0.15, 0.2) is 23.6 Å². The molecule has 3 rings (SSSR count). The minimum absolute atomic E-state index is 0.276. The van der Waals surface area contributed by atoms with Crippen molar-refractivity contribution in [1.82, 2.24) is 14.6 Å². The molecule has 0 aliphatic heterocycles. The lowest BCUT2D eigenvalue weighted by atomic mass is 10.2. The molecule has 0 atom stereocenters. The lowest BCUT2D eigenvalue weighted by molar-refractivity contribution is 0.857. The van der Waals surface area contributed by atoms with Crippen LogP contribution in [-0.2, 0) is 6.54 Å². The van der Waals surface area contributed by atoms with Crippen LogP contribution < -0.4 is 0 Å². The predicted octanol–water partition coefficient (Wildman–Crippen LogP) is 2.42. The third-order valence-corrected chi connectivity index (χ3v) is 2.73. The van der Waals surface area contributed by atoms with Crippen molar-refractivity contribution in [1.29, 1.82) is 0 Å². The Morgan fingerprint density at radius 1 is 1.56 bits per heavy atom. The molecule has 0 spiro atoms. The second-order valence-corrected chi connectivity index (χ2v) is 3.99. The predicted molar refractivity (Wildman–Crippen MR) is 57.8 cm³/mol. The van der Waals surface area contributed by atoms with E-state index < -0.39 is 0 Å². The number of hydrogen-bond acceptors (Lipinski definition) is 3. The van der Waals surface area contributed by atoms with Crippen LogP contribution in [0.4, 0.5) is 0 Å². The molecule has 0 amide bonds. The SMILES string of the molecule is [N-]=[N+]=NCc1cc2ncc(C3CC3)cn2n1. The van der Waals surface area contributed by atoms with Crippen LogP contribution in [0.2, 0.25) is 0 Å². The van der Waals surface area contributed by atoms with Crippen LogP contribution in [-0.4, -0.2) is 14.6 Å². The number of aromatic nitrogens is 3. The van der Waals surface area contributed by atoms with E-state index in [0.717, 1.165) is 11.3 Å². The fraction of sp³-hybridized carbons (Fsp3) is 0.400. The molecule has 0 N–H and O–H groups in total. The fourth-order valence-electron chi connectivity index (χ4n) is 1.75. The quantitative estimate of drug-likeness (QED) is 0.446. The van der Waals surface area contributed by atoms with Crippen molar-refractivity contribution in [2.45, 2.75) is 25.3 Å². The molecule has 2 heterocycles. The molecular weight excluding hydrogens is 204 g/mol. The van der Waals surface area contributed by atoms with Gasteiger partial charge in [-0.3, -0.25) is 0 Å². The summed E-state index contributed by atoms with van der Waals surface area (Å²) >= 11 is 0. The van der Waals surface area contributed by atoms with Gasteiger partial charge >= 0.3 is 0 Å². The van der Waals surface area contributed by atoms with E-state index in [1.165, 1.54) is 18.4 Å². The van der Waals surface area contributed by atoms with E-state index in [1.54, 1.807) is 4.52 Å². The van der Waals surface area contributed by atoms with Gasteiger partial charge in [0.1, 0.15) is 0 Å². The van der Waals surface area contributed by atoms with E-state index in [0.29, 0.717) is 5.92 Å². The zero-order valence-electron chi connectivity index (χ0n) is 8.61. The maximum atomic E-state index is 8.24. The Balaban J connectivity index is 1.99. The Labute approximate surface area is 91.5 Å². The minimum atomic E-state index is 0.276. The molecular formula is C10H10N6. The molecule has 0 aromatic carbocycles. The van der Waals surface area contributed by atoms with Crippen LogP contribution in [0.5, 0.6) is 0 Å². The van der Waals surface area contributed by atoms with Gasteiger partial charge in [0.2, 0.25) is 0 Å². The van der Waals surface area contributed by atoms with Crippen LogP contribution >= 0.6 is 0 Å². The van der Waals surface area contributed by atoms with Crippen LogP contribution in [0.25, 0.3) is 16.1 Å². The Kier molecular flexibility index (Phi) is 2.01. The highest BCUT2D eigenvalue weighted by Gasteiger charge is 2.24. The van der Waals surface area contributed by atoms with Crippen molar-refractivity contribution >= 4 is 5.65 Å². The molecule has 1 fully saturated rings. The second kappa shape index (κ2) is 3.50. The molecule has 0 unspecified atom stereocenters. The highest BCUT2D eigenvalue weighted by atomic mass is 15.3. The average molecular weight is 214 g/mol. The highest BCUT2D eigenvalue weighted by molar-refractivity contribution is 5.40. The molecule has 6 nitrogen and oxygen atoms in total. The highest BCUT2D eigenvalue weighted by Crippen LogP contribution is 2.39. The summed E-state index contributed by atoms with van der Waals surface area (Å²) in [5, 5.41) is 7.79. The first kappa shape index (κ1) is 9.18. The first-order valence-electron chi connectivity index (χ1n) is 5.22. The van der Waals surface area contributed by atoms with E-state index in [1.807, 2.05) is 18.5 Å². The molecule has 0 saturated heterocycles. The van der Waals surface area contributed by atoms with Crippen molar-refractivity contribution in [3.63, 3.8) is 0 Å². The van der Waals surface area contributed by atoms with Crippen molar-refractivity contribution in [2.24, 2.45) is 5.11 Å². The average Bonchev–Trinajstić information content (AvgIpc) is 3.06. The van der Waals surface area contributed by atoms with E-state index in [9.17, 15) is 0 Å². The topological polar surface area (TPSA) is 79.0 Å². The van der Waals surface area contributed by atoms with E-state index in [2.05, 4.69) is 20.1 Å². The Morgan fingerprint density at radius 3 is 3.19 bits per heavy atom. The normalized spacial score (nSPS) is 15.0. The maximum absolute atomic E-state index is 8.24. The standard InChI is InChI=1S/C10H10N6/c11-15-13-5-9-3-10-12-4-8(7-1-2-7)6-16(10)14-9/h3-4,6-7H,1-2,5H2. The largest absolute Gasteiger partial charge is 0.237 e. The van der Waals surface area contributed by atoms with Crippen LogP contribution in [0, 0.1) is 0 Å². The molecule has 0 bridgehead atoms. The lowest BCUT2D eigenvalue weighted by Gasteiger charge is -1.97. The molecule has 2 aromatic heterocycles. The third kappa shape index (κ3) is 1.59. The first-order valence-corrected chi connectivity index (χ1v) is 5.22. The first-order chi connectivity index (χ1) is 7.86. The van der Waals surface area contributed by atoms with Crippen molar-refractivity contribution in [3.8, 4) is 0 Å². The van der Waals surface area contributed by atoms with Crippen molar-refractivity contribution in [2.75, 3.05) is 0 Å². The number of rotatable bonds is 3. The Bertz CT molecular complexity index is 576. The Morgan fingerprint density at radius 2 is 2.44 bits per heavy atom. The molecule has 80 valence electrons. The fourth-order valence-corrected chi connectivity index (χ4v) is 1.75. The van der Waals surface area contributed by atoms with Gasteiger partial charge in [-0.05, 0) is 29.9 Å². The van der Waals surface area contributed by atoms with Gasteiger partial charge in [-0.15, -0.1) is 0 Å². The number of hydrogen-bond donors (Lipinski definition) is 0. The molecule has 1 saturated carbocycles. The third-order valence-electron chi connectivity index (χ3n) is 2.73. The molecule has 16 heavy (non-hydrogen) atoms. The van der Waals surface area contributed by atoms with Gasteiger partial charge in [-0.25, -0.2) is 9.50 Å². The van der Waals surface area contributed by atoms with Gasteiger partial charge in [0.25, 0.3) is 0 Å². The smallest absolute Gasteiger partial charge is 0.155 e. The zero-order chi connectivity index (χ0) is 11.0. The van der Waals surface area contributed by atoms with Crippen LogP contribution in [0.3, 0.4) is 0 Å². The summed E-state index contributed by atoms with van der Waals surface area (Å²) in [4.78, 5) is 7.05. The summed E-state index contributed by atoms with van der Waals surface area (Å²) in [6.07, 6.45) is 6.42. The summed E-state index contributed by atoms with van der Waals surface area (Å²) < 4.78 is 1.76. The van der Waals surface area contributed by atoms with Gasteiger partial charge in [0.05, 0.1) is 12.2 Å². The Hall–Kier alpha value is -2.07. The summed E-state index contributed by atoms with van der Waals surface area (Å²) in [5.41, 5.74) is 11.0. The number of fused-ring (bicyclic) bond motifs is 1. The summed E-state index contributed by atoms with van der Waals surface area (Å²) in [7, 11) is 0. The van der Waals surface area contributed by atoms with Gasteiger partial charge in [-0.1, -0.05) is 5.11 Å². The second-order valence-electron chi connectivity index (χ2n) is 3.99. The molecule has 1 aliphatic carbocycles. The van der Waals surface area contributed by atoms with Gasteiger partial charge in [0.15, 0.2) is 5.65 Å². The van der Waals surface area contributed by atoms with E-state index >= 15 is 0 Å². The summed E-state index contributed by atoms with van der Waals surface area (Å²) in [5.74, 6) is 0.668. The molecule has 6 heteroatoms. The van der Waals surface area contributed by atoms with Crippen molar-refractivity contribution < 1.29 is 0 Å². The van der Waals surface area contributed by atoms with Gasteiger partial charge in [0, 0.05) is 23.4 Å². The molecule has 0 radical (unpaired) electrons. The summed E-state index contributed by atoms with van der Waals surface area (Å²) in [6, 6.07) is 1.84. The minimum Gasteiger partial charge on any atom is -0.237 e. The van der Waals surface area contributed by atoms with Crippen LogP contribution in [0.1, 0.15) is 30.0 Å². The number of azide groups is 1. The lowest BCUT2D eigenvalue weighted by Crippen LogP contribution is -1.93. The molecule has 1 aliphatic rings. The monoisotopic (exact) mass is 214 g/mol. The summed E-state index contributed by atoms with van der Waals surface area (Å²) in [6.45, 7) is 0.276. The molecule has 2 aromatic rings. The van der Waals surface area contributed by atoms with Gasteiger partial charge < -0.3 is 0 Å².